The van der Waals surface area contributed by atoms with Gasteiger partial charge in [0.05, 0.1) is 23.5 Å². The molecular weight excluding hydrogens is 552 g/mol. The Morgan fingerprint density at radius 2 is 1.34 bits per heavy atom. The molecule has 4 nitrogen and oxygen atoms in total. The lowest BCUT2D eigenvalue weighted by molar-refractivity contribution is -0.760. The van der Waals surface area contributed by atoms with E-state index in [1.54, 1.807) is 11.7 Å². The van der Waals surface area contributed by atoms with E-state index in [1.165, 1.54) is 12.1 Å². The summed E-state index contributed by atoms with van der Waals surface area (Å²) in [6.45, 7) is 3.93. The van der Waals surface area contributed by atoms with Gasteiger partial charge in [-0.15, -0.1) is 25.3 Å². The van der Waals surface area contributed by atoms with Crippen LogP contribution in [-0.4, -0.2) is 14.4 Å². The summed E-state index contributed by atoms with van der Waals surface area (Å²) in [5.74, 6) is -2.85. The number of halogens is 5. The Balaban J connectivity index is 1.39. The molecule has 0 saturated heterocycles. The van der Waals surface area contributed by atoms with Crippen molar-refractivity contribution in [2.45, 2.75) is 31.7 Å². The molecule has 1 aliphatic rings. The molecule has 0 saturated carbocycles. The van der Waals surface area contributed by atoms with E-state index in [9.17, 15) is 8.78 Å². The number of benzene rings is 2. The van der Waals surface area contributed by atoms with Gasteiger partial charge in [-0.2, -0.15) is 0 Å². The molecule has 2 unspecified atom stereocenters. The lowest BCUT2D eigenvalue weighted by atomic mass is 9.93. The molecule has 0 radical (unpaired) electrons. The Morgan fingerprint density at radius 1 is 0.756 bits per heavy atom. The van der Waals surface area contributed by atoms with Crippen LogP contribution in [0.5, 0.6) is 0 Å². The highest BCUT2D eigenvalue weighted by Gasteiger charge is 2.47. The zero-order chi connectivity index (χ0) is 28.7. The van der Waals surface area contributed by atoms with Crippen molar-refractivity contribution in [1.82, 2.24) is 9.03 Å². The zero-order valence-electron chi connectivity index (χ0n) is 22.5. The van der Waals surface area contributed by atoms with Gasteiger partial charge in [0.25, 0.3) is 0 Å². The number of pyridine rings is 2. The minimum atomic E-state index is -0.815. The van der Waals surface area contributed by atoms with Crippen molar-refractivity contribution in [3.63, 3.8) is 0 Å². The van der Waals surface area contributed by atoms with Crippen molar-refractivity contribution in [2.75, 3.05) is 0 Å². The largest absolute Gasteiger partial charge is 0.243 e. The van der Waals surface area contributed by atoms with Crippen LogP contribution < -0.4 is 9.36 Å². The maximum absolute atomic E-state index is 15.6. The van der Waals surface area contributed by atoms with E-state index >= 15 is 8.78 Å². The van der Waals surface area contributed by atoms with Gasteiger partial charge in [0.2, 0.25) is 17.4 Å². The summed E-state index contributed by atoms with van der Waals surface area (Å²) in [6, 6.07) is 15.1. The van der Waals surface area contributed by atoms with Crippen molar-refractivity contribution >= 4 is 22.6 Å². The van der Waals surface area contributed by atoms with Crippen molar-refractivity contribution in [1.29, 1.82) is 0 Å². The molecule has 0 amide bonds. The predicted molar refractivity (Wildman–Crippen MR) is 148 cm³/mol. The van der Waals surface area contributed by atoms with E-state index < -0.39 is 34.7 Å². The molecule has 2 atom stereocenters. The van der Waals surface area contributed by atoms with Gasteiger partial charge < -0.3 is 0 Å². The third kappa shape index (κ3) is 3.95. The van der Waals surface area contributed by atoms with Gasteiger partial charge >= 0.3 is 0 Å². The number of nitrogens with zero attached hydrogens (tertiary/aromatic N) is 4. The van der Waals surface area contributed by atoms with Crippen molar-refractivity contribution < 1.29 is 26.9 Å². The van der Waals surface area contributed by atoms with Crippen LogP contribution in [0.3, 0.4) is 0 Å². The molecule has 206 valence electrons. The number of rotatable bonds is 4. The maximum Gasteiger partial charge on any atom is 0.243 e. The van der Waals surface area contributed by atoms with E-state index in [1.807, 2.05) is 76.4 Å². The number of aromatic nitrogens is 4. The van der Waals surface area contributed by atoms with Crippen molar-refractivity contribution in [3.8, 4) is 22.5 Å². The third-order valence-electron chi connectivity index (χ3n) is 8.03. The van der Waals surface area contributed by atoms with E-state index in [2.05, 4.69) is 0 Å². The highest BCUT2D eigenvalue weighted by Crippen LogP contribution is 2.41. The van der Waals surface area contributed by atoms with Gasteiger partial charge in [-0.3, -0.25) is 0 Å². The summed E-state index contributed by atoms with van der Waals surface area (Å²) in [6.07, 6.45) is 3.77. The van der Waals surface area contributed by atoms with Gasteiger partial charge in [-0.1, -0.05) is 4.68 Å². The quantitative estimate of drug-likeness (QED) is 0.128. The minimum Gasteiger partial charge on any atom is -0.207 e. The molecule has 6 aromatic rings. The lowest BCUT2D eigenvalue weighted by Crippen LogP contribution is -2.47. The highest BCUT2D eigenvalue weighted by molar-refractivity contribution is 6.21. The second-order valence-electron chi connectivity index (χ2n) is 10.8. The van der Waals surface area contributed by atoms with E-state index in [-0.39, 0.29) is 17.5 Å². The van der Waals surface area contributed by atoms with Crippen molar-refractivity contribution in [3.05, 3.63) is 119 Å². The minimum absolute atomic E-state index is 0.0323. The Morgan fingerprint density at radius 3 is 2.05 bits per heavy atom. The Kier molecular flexibility index (Phi) is 5.77. The fourth-order valence-electron chi connectivity index (χ4n) is 6.28. The van der Waals surface area contributed by atoms with Crippen LogP contribution >= 0.6 is 11.6 Å². The topological polar surface area (TPSA) is 16.6 Å². The third-order valence-corrected chi connectivity index (χ3v) is 8.42. The van der Waals surface area contributed by atoms with E-state index in [0.29, 0.717) is 22.5 Å². The van der Waals surface area contributed by atoms with Gasteiger partial charge in [0, 0.05) is 29.8 Å². The molecule has 0 spiro atoms. The summed E-state index contributed by atoms with van der Waals surface area (Å²) in [4.78, 5) is 0. The molecule has 41 heavy (non-hydrogen) atoms. The summed E-state index contributed by atoms with van der Waals surface area (Å²) in [5, 5.41) is -0.815. The van der Waals surface area contributed by atoms with Gasteiger partial charge in [0.1, 0.15) is 39.7 Å². The van der Waals surface area contributed by atoms with E-state index in [4.69, 9.17) is 11.6 Å². The molecular formula is C32H25ClF4N4+2. The van der Waals surface area contributed by atoms with Crippen LogP contribution in [0.1, 0.15) is 28.3 Å². The fraction of sp³-hybridized carbons (Fsp3) is 0.188. The van der Waals surface area contributed by atoms with Crippen LogP contribution in [0.25, 0.3) is 33.5 Å². The monoisotopic (exact) mass is 576 g/mol. The van der Waals surface area contributed by atoms with Crippen molar-refractivity contribution in [2.24, 2.45) is 7.05 Å². The lowest BCUT2D eigenvalue weighted by Gasteiger charge is -2.17. The summed E-state index contributed by atoms with van der Waals surface area (Å²) >= 11 is 7.14. The van der Waals surface area contributed by atoms with Gasteiger partial charge in [-0.05, 0) is 73.4 Å². The Hall–Kier alpha value is -4.17. The van der Waals surface area contributed by atoms with Crippen LogP contribution in [0.15, 0.2) is 73.1 Å². The molecule has 4 aromatic heterocycles. The molecule has 9 heteroatoms. The van der Waals surface area contributed by atoms with Crippen LogP contribution in [0.2, 0.25) is 0 Å². The smallest absolute Gasteiger partial charge is 0.207 e. The first-order chi connectivity index (χ1) is 19.6. The average molecular weight is 577 g/mol. The highest BCUT2D eigenvalue weighted by atomic mass is 35.5. The number of hydrogen-bond donors (Lipinski definition) is 0. The number of alkyl halides is 1. The molecule has 5 heterocycles. The molecule has 7 rings (SSSR count). The standard InChI is InChI=1S/C32H25ClF4N4/c1-17-4-6-39-22(8-17)15-28(38(39)3)30-19(10-20(34)13-26(30)36)11-25(33)32-24-12-21(35)14-27(37)31(24)29-16-23-9-18(2)5-7-40(23)41(29)32/h4-10,12-16,25,32H,11H2,1-3H3/q+2. The number of fused-ring (bicyclic) bond motifs is 6. The summed E-state index contributed by atoms with van der Waals surface area (Å²) < 4.78 is 67.4. The number of hydrogen-bond acceptors (Lipinski definition) is 0. The van der Waals surface area contributed by atoms with Gasteiger partial charge in [-0.25, -0.2) is 17.6 Å². The van der Waals surface area contributed by atoms with Crippen LogP contribution in [0, 0.1) is 37.1 Å². The Labute approximate surface area is 238 Å². The predicted octanol–water partition coefficient (Wildman–Crippen LogP) is 6.56. The SMILES string of the molecule is Cc1ccn2c(c1)cc(-c1c(F)cc(F)cc1CC(Cl)C1c3cc(F)cc(F)c3-c3cc4cc(C)ccn4[n+]31)[n+]2C. The molecule has 0 aliphatic carbocycles. The first-order valence-corrected chi connectivity index (χ1v) is 13.7. The van der Waals surface area contributed by atoms with Gasteiger partial charge in [0.15, 0.2) is 7.05 Å². The molecule has 1 aliphatic heterocycles. The second-order valence-corrected chi connectivity index (χ2v) is 11.4. The first-order valence-electron chi connectivity index (χ1n) is 13.2. The Bertz CT molecular complexity index is 2040. The van der Waals surface area contributed by atoms with Crippen LogP contribution in [-0.2, 0) is 13.5 Å². The molecule has 0 bridgehead atoms. The van der Waals surface area contributed by atoms with E-state index in [0.717, 1.165) is 34.3 Å². The normalized spacial score (nSPS) is 15.1. The maximum atomic E-state index is 15.6. The molecule has 0 fully saturated rings. The van der Waals surface area contributed by atoms with Crippen LogP contribution in [0.4, 0.5) is 17.6 Å². The molecule has 0 N–H and O–H groups in total. The first kappa shape index (κ1) is 25.8. The average Bonchev–Trinajstić information content (AvgIpc) is 3.51. The fourth-order valence-corrected chi connectivity index (χ4v) is 6.69. The zero-order valence-corrected chi connectivity index (χ0v) is 23.2. The summed E-state index contributed by atoms with van der Waals surface area (Å²) in [7, 11) is 1.80. The number of aryl methyl sites for hydroxylation is 3. The molecule has 2 aromatic carbocycles. The second kappa shape index (κ2) is 9.17. The summed E-state index contributed by atoms with van der Waals surface area (Å²) in [5.41, 5.74) is 6.10.